The van der Waals surface area contributed by atoms with Crippen molar-refractivity contribution in [3.63, 3.8) is 0 Å². The molecule has 84 valence electrons. The highest BCUT2D eigenvalue weighted by Crippen LogP contribution is 2.14. The highest BCUT2D eigenvalue weighted by Gasteiger charge is 2.11. The van der Waals surface area contributed by atoms with Crippen molar-refractivity contribution < 1.29 is 13.2 Å². The van der Waals surface area contributed by atoms with Gasteiger partial charge in [0.2, 0.25) is 0 Å². The summed E-state index contributed by atoms with van der Waals surface area (Å²) in [7, 11) is 0. The maximum absolute atomic E-state index is 13.2. The molecule has 0 amide bonds. The van der Waals surface area contributed by atoms with Gasteiger partial charge in [-0.2, -0.15) is 0 Å². The zero-order valence-corrected chi connectivity index (χ0v) is 8.68. The van der Waals surface area contributed by atoms with E-state index in [1.807, 2.05) is 6.07 Å². The highest BCUT2D eigenvalue weighted by molar-refractivity contribution is 5.43. The average molecular weight is 232 g/mol. The molecule has 0 aliphatic carbocycles. The molecule has 0 saturated carbocycles. The molecule has 0 saturated heterocycles. The van der Waals surface area contributed by atoms with Crippen LogP contribution in [0.1, 0.15) is 11.1 Å². The van der Waals surface area contributed by atoms with Crippen molar-refractivity contribution in [3.8, 4) is 11.8 Å². The lowest BCUT2D eigenvalue weighted by molar-refractivity contribution is 0.446. The summed E-state index contributed by atoms with van der Waals surface area (Å²) in [5.74, 6) is 1.17. The van der Waals surface area contributed by atoms with Gasteiger partial charge in [0.05, 0.1) is 5.56 Å². The van der Waals surface area contributed by atoms with Gasteiger partial charge < -0.3 is 0 Å². The van der Waals surface area contributed by atoms with Crippen LogP contribution in [0.5, 0.6) is 0 Å². The molecule has 0 heterocycles. The predicted octanol–water partition coefficient (Wildman–Crippen LogP) is 3.50. The summed E-state index contributed by atoms with van der Waals surface area (Å²) in [6, 6.07) is 10.8. The van der Waals surface area contributed by atoms with Crippen LogP contribution in [0.4, 0.5) is 13.2 Å². The number of benzene rings is 2. The molecular formula is C14H7F3. The molecule has 0 N–H and O–H groups in total. The molecule has 17 heavy (non-hydrogen) atoms. The minimum Gasteiger partial charge on any atom is -0.204 e. The summed E-state index contributed by atoms with van der Waals surface area (Å²) < 4.78 is 38.8. The molecule has 0 atom stereocenters. The summed E-state index contributed by atoms with van der Waals surface area (Å²) >= 11 is 0. The van der Waals surface area contributed by atoms with Crippen LogP contribution in [-0.4, -0.2) is 0 Å². The quantitative estimate of drug-likeness (QED) is 0.481. The highest BCUT2D eigenvalue weighted by atomic mass is 19.2. The molecule has 0 fully saturated rings. The average Bonchev–Trinajstić information content (AvgIpc) is 2.36. The van der Waals surface area contributed by atoms with Crippen molar-refractivity contribution in [1.82, 2.24) is 0 Å². The molecule has 0 aliphatic rings. The van der Waals surface area contributed by atoms with Crippen molar-refractivity contribution in [2.45, 2.75) is 0 Å². The Bertz CT molecular complexity index is 592. The lowest BCUT2D eigenvalue weighted by atomic mass is 10.1. The molecule has 2 aromatic rings. The maximum atomic E-state index is 13.2. The zero-order valence-electron chi connectivity index (χ0n) is 8.68. The summed E-state index contributed by atoms with van der Waals surface area (Å²) in [6.45, 7) is 0. The first kappa shape index (κ1) is 11.3. The van der Waals surface area contributed by atoms with Gasteiger partial charge in [0, 0.05) is 5.56 Å². The van der Waals surface area contributed by atoms with Gasteiger partial charge in [-0.3, -0.25) is 0 Å². The minimum atomic E-state index is -1.50. The van der Waals surface area contributed by atoms with E-state index in [-0.39, 0.29) is 5.56 Å². The molecule has 0 bridgehead atoms. The molecule has 0 unspecified atom stereocenters. The number of halogens is 3. The molecule has 2 aromatic carbocycles. The first-order valence-corrected chi connectivity index (χ1v) is 4.89. The largest absolute Gasteiger partial charge is 0.204 e. The van der Waals surface area contributed by atoms with Crippen LogP contribution < -0.4 is 0 Å². The molecule has 0 nitrogen and oxygen atoms in total. The Kier molecular flexibility index (Phi) is 3.15. The van der Waals surface area contributed by atoms with Gasteiger partial charge >= 0.3 is 0 Å². The van der Waals surface area contributed by atoms with Crippen LogP contribution in [0.2, 0.25) is 0 Å². The fraction of sp³-hybridized carbons (Fsp3) is 0. The van der Waals surface area contributed by atoms with Gasteiger partial charge in [-0.15, -0.1) is 0 Å². The third-order valence-corrected chi connectivity index (χ3v) is 2.15. The Balaban J connectivity index is 2.38. The standard InChI is InChI=1S/C14H7F3/c15-12-9-8-11(13(16)14(12)17)7-6-10-4-2-1-3-5-10/h1-5,8-9H. The van der Waals surface area contributed by atoms with E-state index in [4.69, 9.17) is 0 Å². The van der Waals surface area contributed by atoms with E-state index in [0.717, 1.165) is 12.1 Å². The number of hydrogen-bond acceptors (Lipinski definition) is 0. The fourth-order valence-electron chi connectivity index (χ4n) is 1.28. The molecule has 3 heteroatoms. The molecule has 0 aliphatic heterocycles. The van der Waals surface area contributed by atoms with E-state index in [2.05, 4.69) is 11.8 Å². The van der Waals surface area contributed by atoms with E-state index in [9.17, 15) is 13.2 Å². The van der Waals surface area contributed by atoms with E-state index in [1.54, 1.807) is 24.3 Å². The molecule has 0 radical (unpaired) electrons. The predicted molar refractivity (Wildman–Crippen MR) is 58.7 cm³/mol. The van der Waals surface area contributed by atoms with Crippen LogP contribution >= 0.6 is 0 Å². The third kappa shape index (κ3) is 2.48. The van der Waals surface area contributed by atoms with Crippen molar-refractivity contribution in [2.75, 3.05) is 0 Å². The van der Waals surface area contributed by atoms with Crippen LogP contribution in [0.15, 0.2) is 42.5 Å². The first-order chi connectivity index (χ1) is 8.18. The Morgan fingerprint density at radius 1 is 0.706 bits per heavy atom. The van der Waals surface area contributed by atoms with Crippen LogP contribution in [0, 0.1) is 29.3 Å². The second-order valence-electron chi connectivity index (χ2n) is 3.34. The van der Waals surface area contributed by atoms with Gasteiger partial charge in [0.25, 0.3) is 0 Å². The zero-order chi connectivity index (χ0) is 12.3. The van der Waals surface area contributed by atoms with Crippen LogP contribution in [0.25, 0.3) is 0 Å². The van der Waals surface area contributed by atoms with Gasteiger partial charge in [0.1, 0.15) is 0 Å². The Hall–Kier alpha value is -2.21. The van der Waals surface area contributed by atoms with Crippen molar-refractivity contribution in [1.29, 1.82) is 0 Å². The van der Waals surface area contributed by atoms with Gasteiger partial charge in [-0.05, 0) is 24.3 Å². The summed E-state index contributed by atoms with van der Waals surface area (Å²) in [6.07, 6.45) is 0. The lowest BCUT2D eigenvalue weighted by Gasteiger charge is -1.96. The first-order valence-electron chi connectivity index (χ1n) is 4.89. The summed E-state index contributed by atoms with van der Waals surface area (Å²) in [4.78, 5) is 0. The van der Waals surface area contributed by atoms with E-state index >= 15 is 0 Å². The van der Waals surface area contributed by atoms with E-state index < -0.39 is 17.5 Å². The Morgan fingerprint density at radius 3 is 2.12 bits per heavy atom. The molecule has 0 spiro atoms. The Morgan fingerprint density at radius 2 is 1.41 bits per heavy atom. The number of hydrogen-bond donors (Lipinski definition) is 0. The van der Waals surface area contributed by atoms with Gasteiger partial charge in [-0.1, -0.05) is 30.0 Å². The van der Waals surface area contributed by atoms with Gasteiger partial charge in [-0.25, -0.2) is 13.2 Å². The summed E-state index contributed by atoms with van der Waals surface area (Å²) in [5, 5.41) is 0. The second kappa shape index (κ2) is 4.75. The topological polar surface area (TPSA) is 0 Å². The maximum Gasteiger partial charge on any atom is 0.195 e. The normalized spacial score (nSPS) is 9.59. The van der Waals surface area contributed by atoms with Crippen molar-refractivity contribution in [2.24, 2.45) is 0 Å². The fourth-order valence-corrected chi connectivity index (χ4v) is 1.28. The second-order valence-corrected chi connectivity index (χ2v) is 3.34. The van der Waals surface area contributed by atoms with Gasteiger partial charge in [0.15, 0.2) is 17.5 Å². The van der Waals surface area contributed by atoms with Crippen LogP contribution in [0.3, 0.4) is 0 Å². The minimum absolute atomic E-state index is 0.159. The number of rotatable bonds is 0. The smallest absolute Gasteiger partial charge is 0.195 e. The SMILES string of the molecule is Fc1ccc(C#Cc2ccccc2)c(F)c1F. The third-order valence-electron chi connectivity index (χ3n) is 2.15. The van der Waals surface area contributed by atoms with Crippen molar-refractivity contribution in [3.05, 3.63) is 71.0 Å². The molecule has 0 aromatic heterocycles. The Labute approximate surface area is 96.7 Å². The summed E-state index contributed by atoms with van der Waals surface area (Å²) in [5.41, 5.74) is 0.518. The lowest BCUT2D eigenvalue weighted by Crippen LogP contribution is -1.93. The van der Waals surface area contributed by atoms with E-state index in [1.165, 1.54) is 0 Å². The monoisotopic (exact) mass is 232 g/mol. The van der Waals surface area contributed by atoms with E-state index in [0.29, 0.717) is 5.56 Å². The van der Waals surface area contributed by atoms with Crippen molar-refractivity contribution >= 4 is 0 Å². The molecule has 2 rings (SSSR count). The molecular weight excluding hydrogens is 225 g/mol. The van der Waals surface area contributed by atoms with Crippen LogP contribution in [-0.2, 0) is 0 Å².